The first-order valence-electron chi connectivity index (χ1n) is 4.51. The van der Waals surface area contributed by atoms with Gasteiger partial charge in [0.2, 0.25) is 0 Å². The maximum absolute atomic E-state index is 10.7. The molecule has 1 aromatic rings. The Labute approximate surface area is 81.3 Å². The third-order valence-electron chi connectivity index (χ3n) is 2.57. The number of aliphatic hydroxyl groups is 1. The number of hydrogen-bond donors (Lipinski definition) is 1. The van der Waals surface area contributed by atoms with Crippen LogP contribution in [0.3, 0.4) is 0 Å². The molecular weight excluding hydrogens is 182 g/mol. The molecule has 1 aliphatic rings. The first kappa shape index (κ1) is 9.15. The molecule has 1 aromatic carbocycles. The lowest BCUT2D eigenvalue weighted by molar-refractivity contribution is -0.386. The molecule has 0 unspecified atom stereocenters. The lowest BCUT2D eigenvalue weighted by Gasteiger charge is -2.09. The monoisotopic (exact) mass is 193 g/mol. The average molecular weight is 193 g/mol. The summed E-state index contributed by atoms with van der Waals surface area (Å²) in [7, 11) is 0. The Bertz CT molecular complexity index is 396. The van der Waals surface area contributed by atoms with Crippen LogP contribution in [0.5, 0.6) is 0 Å². The van der Waals surface area contributed by atoms with E-state index in [4.69, 9.17) is 0 Å². The van der Waals surface area contributed by atoms with Gasteiger partial charge in [0.15, 0.2) is 0 Å². The summed E-state index contributed by atoms with van der Waals surface area (Å²) >= 11 is 0. The number of aryl methyl sites for hydroxylation is 1. The van der Waals surface area contributed by atoms with Crippen LogP contribution in [0.25, 0.3) is 0 Å². The van der Waals surface area contributed by atoms with Gasteiger partial charge in [0, 0.05) is 6.07 Å². The Kier molecular flexibility index (Phi) is 1.82. The average Bonchev–Trinajstić information content (AvgIpc) is 2.84. The Balaban J connectivity index is 2.54. The van der Waals surface area contributed by atoms with E-state index in [1.165, 1.54) is 6.07 Å². The third-order valence-corrected chi connectivity index (χ3v) is 2.57. The zero-order valence-electron chi connectivity index (χ0n) is 7.86. The van der Waals surface area contributed by atoms with Gasteiger partial charge in [0.25, 0.3) is 5.69 Å². The van der Waals surface area contributed by atoms with E-state index in [0.717, 1.165) is 5.56 Å². The largest absolute Gasteiger partial charge is 0.385 e. The van der Waals surface area contributed by atoms with E-state index < -0.39 is 10.5 Å². The molecule has 0 atom stereocenters. The highest BCUT2D eigenvalue weighted by Gasteiger charge is 2.46. The number of hydrogen-bond acceptors (Lipinski definition) is 3. The zero-order chi connectivity index (χ0) is 10.3. The predicted octanol–water partition coefficient (Wildman–Crippen LogP) is 1.88. The van der Waals surface area contributed by atoms with Crippen LogP contribution in [0.15, 0.2) is 18.2 Å². The fourth-order valence-corrected chi connectivity index (χ4v) is 1.57. The summed E-state index contributed by atoms with van der Waals surface area (Å²) in [5.74, 6) is 0. The molecule has 0 amide bonds. The van der Waals surface area contributed by atoms with E-state index in [2.05, 4.69) is 0 Å². The molecule has 74 valence electrons. The molecule has 4 nitrogen and oxygen atoms in total. The van der Waals surface area contributed by atoms with Crippen molar-refractivity contribution in [3.05, 3.63) is 39.4 Å². The van der Waals surface area contributed by atoms with E-state index >= 15 is 0 Å². The molecule has 2 rings (SSSR count). The Hall–Kier alpha value is -1.42. The second kappa shape index (κ2) is 2.78. The molecule has 1 N–H and O–H groups in total. The van der Waals surface area contributed by atoms with Crippen molar-refractivity contribution < 1.29 is 10.0 Å². The highest BCUT2D eigenvalue weighted by molar-refractivity contribution is 5.48. The number of benzene rings is 1. The molecule has 0 aliphatic heterocycles. The van der Waals surface area contributed by atoms with Crippen LogP contribution in [0.4, 0.5) is 5.69 Å². The highest BCUT2D eigenvalue weighted by atomic mass is 16.6. The van der Waals surface area contributed by atoms with Crippen molar-refractivity contribution in [1.29, 1.82) is 0 Å². The topological polar surface area (TPSA) is 63.4 Å². The molecular formula is C10H11NO3. The fraction of sp³-hybridized carbons (Fsp3) is 0.400. The van der Waals surface area contributed by atoms with E-state index in [1.807, 2.05) is 6.92 Å². The van der Waals surface area contributed by atoms with Gasteiger partial charge in [-0.1, -0.05) is 11.6 Å². The summed E-state index contributed by atoms with van der Waals surface area (Å²) in [6.07, 6.45) is 1.24. The van der Waals surface area contributed by atoms with Gasteiger partial charge in [0.1, 0.15) is 0 Å². The summed E-state index contributed by atoms with van der Waals surface area (Å²) in [5.41, 5.74) is 0.484. The van der Waals surface area contributed by atoms with Crippen LogP contribution in [-0.2, 0) is 5.60 Å². The van der Waals surface area contributed by atoms with Crippen LogP contribution in [0.2, 0.25) is 0 Å². The van der Waals surface area contributed by atoms with Crippen molar-refractivity contribution in [2.75, 3.05) is 0 Å². The van der Waals surface area contributed by atoms with E-state index in [0.29, 0.717) is 18.4 Å². The molecule has 1 saturated carbocycles. The molecule has 0 heterocycles. The van der Waals surface area contributed by atoms with Crippen molar-refractivity contribution in [2.45, 2.75) is 25.4 Å². The van der Waals surface area contributed by atoms with Crippen LogP contribution in [0, 0.1) is 17.0 Å². The normalized spacial score (nSPS) is 17.9. The summed E-state index contributed by atoms with van der Waals surface area (Å²) in [6, 6.07) is 4.85. The molecule has 0 aromatic heterocycles. The van der Waals surface area contributed by atoms with Crippen LogP contribution in [-0.4, -0.2) is 10.0 Å². The van der Waals surface area contributed by atoms with E-state index in [-0.39, 0.29) is 5.69 Å². The maximum Gasteiger partial charge on any atom is 0.275 e. The third kappa shape index (κ3) is 1.37. The Morgan fingerprint density at radius 3 is 2.64 bits per heavy atom. The van der Waals surface area contributed by atoms with Gasteiger partial charge < -0.3 is 5.11 Å². The number of nitro groups is 1. The van der Waals surface area contributed by atoms with Crippen LogP contribution >= 0.6 is 0 Å². The quantitative estimate of drug-likeness (QED) is 0.576. The van der Waals surface area contributed by atoms with Crippen molar-refractivity contribution in [2.24, 2.45) is 0 Å². The lowest BCUT2D eigenvalue weighted by atomic mass is 10.0. The standard InChI is InChI=1S/C10H11NO3/c1-7-2-3-9(11(13)14)8(6-7)10(12)4-5-10/h2-3,6,12H,4-5H2,1H3. The highest BCUT2D eigenvalue weighted by Crippen LogP contribution is 2.48. The first-order chi connectivity index (χ1) is 6.53. The molecule has 1 aliphatic carbocycles. The van der Waals surface area contributed by atoms with Gasteiger partial charge in [-0.2, -0.15) is 0 Å². The number of rotatable bonds is 2. The molecule has 0 radical (unpaired) electrons. The van der Waals surface area contributed by atoms with Crippen molar-refractivity contribution in [1.82, 2.24) is 0 Å². The minimum Gasteiger partial charge on any atom is -0.385 e. The Morgan fingerprint density at radius 2 is 2.14 bits per heavy atom. The second-order valence-electron chi connectivity index (χ2n) is 3.81. The first-order valence-corrected chi connectivity index (χ1v) is 4.51. The summed E-state index contributed by atoms with van der Waals surface area (Å²) in [6.45, 7) is 1.86. The second-order valence-corrected chi connectivity index (χ2v) is 3.81. The summed E-state index contributed by atoms with van der Waals surface area (Å²) < 4.78 is 0. The van der Waals surface area contributed by atoms with Gasteiger partial charge in [-0.05, 0) is 25.8 Å². The van der Waals surface area contributed by atoms with Crippen LogP contribution in [0.1, 0.15) is 24.0 Å². The molecule has 0 bridgehead atoms. The van der Waals surface area contributed by atoms with E-state index in [9.17, 15) is 15.2 Å². The van der Waals surface area contributed by atoms with Gasteiger partial charge >= 0.3 is 0 Å². The molecule has 4 heteroatoms. The summed E-state index contributed by atoms with van der Waals surface area (Å²) in [5, 5.41) is 20.6. The molecule has 14 heavy (non-hydrogen) atoms. The number of nitro benzene ring substituents is 1. The Morgan fingerprint density at radius 1 is 1.50 bits per heavy atom. The smallest absolute Gasteiger partial charge is 0.275 e. The summed E-state index contributed by atoms with van der Waals surface area (Å²) in [4.78, 5) is 10.3. The fourth-order valence-electron chi connectivity index (χ4n) is 1.57. The number of nitrogens with zero attached hydrogens (tertiary/aromatic N) is 1. The van der Waals surface area contributed by atoms with Gasteiger partial charge in [-0.3, -0.25) is 10.1 Å². The van der Waals surface area contributed by atoms with E-state index in [1.54, 1.807) is 12.1 Å². The van der Waals surface area contributed by atoms with Gasteiger partial charge in [-0.15, -0.1) is 0 Å². The van der Waals surface area contributed by atoms with Crippen LogP contribution < -0.4 is 0 Å². The zero-order valence-corrected chi connectivity index (χ0v) is 7.86. The molecule has 0 saturated heterocycles. The minimum absolute atomic E-state index is 0.0237. The molecule has 0 spiro atoms. The maximum atomic E-state index is 10.7. The molecule has 1 fully saturated rings. The minimum atomic E-state index is -0.936. The SMILES string of the molecule is Cc1ccc([N+](=O)[O-])c(C2(O)CC2)c1. The van der Waals surface area contributed by atoms with Crippen molar-refractivity contribution >= 4 is 5.69 Å². The lowest BCUT2D eigenvalue weighted by Crippen LogP contribution is -2.08. The van der Waals surface area contributed by atoms with Gasteiger partial charge in [0.05, 0.1) is 16.1 Å². The predicted molar refractivity (Wildman–Crippen MR) is 51.0 cm³/mol. The van der Waals surface area contributed by atoms with Crippen molar-refractivity contribution in [3.63, 3.8) is 0 Å². The van der Waals surface area contributed by atoms with Gasteiger partial charge in [-0.25, -0.2) is 0 Å². The van der Waals surface area contributed by atoms with Crippen molar-refractivity contribution in [3.8, 4) is 0 Å².